The van der Waals surface area contributed by atoms with E-state index in [0.29, 0.717) is 5.82 Å². The van der Waals surface area contributed by atoms with Gasteiger partial charge in [0.15, 0.2) is 5.82 Å². The van der Waals surface area contributed by atoms with E-state index in [-0.39, 0.29) is 0 Å². The lowest BCUT2D eigenvalue weighted by Gasteiger charge is -2.34. The van der Waals surface area contributed by atoms with E-state index in [9.17, 15) is 0 Å². The first-order valence-corrected chi connectivity index (χ1v) is 21.5. The van der Waals surface area contributed by atoms with E-state index in [4.69, 9.17) is 9.97 Å². The highest BCUT2D eigenvalue weighted by Gasteiger charge is 2.48. The van der Waals surface area contributed by atoms with Gasteiger partial charge in [0.25, 0.3) is 0 Å². The lowest BCUT2D eigenvalue weighted by Crippen LogP contribution is -2.28. The van der Waals surface area contributed by atoms with Crippen molar-refractivity contribution in [2.45, 2.75) is 5.41 Å². The van der Waals surface area contributed by atoms with Crippen LogP contribution in [0.15, 0.2) is 237 Å². The minimum absolute atomic E-state index is 0.545. The summed E-state index contributed by atoms with van der Waals surface area (Å²) in [7, 11) is 0. The van der Waals surface area contributed by atoms with Crippen molar-refractivity contribution in [3.05, 3.63) is 259 Å². The van der Waals surface area contributed by atoms with E-state index >= 15 is 0 Å². The van der Waals surface area contributed by atoms with Crippen molar-refractivity contribution in [3.8, 4) is 67.3 Å². The first kappa shape index (κ1) is 36.6. The quantitative estimate of drug-likeness (QED) is 0.161. The summed E-state index contributed by atoms with van der Waals surface area (Å²) in [5.41, 5.74) is 16.4. The van der Waals surface area contributed by atoms with Crippen LogP contribution in [0, 0.1) is 0 Å². The summed E-state index contributed by atoms with van der Waals surface area (Å²) >= 11 is 0. The van der Waals surface area contributed by atoms with Gasteiger partial charge in [-0.15, -0.1) is 0 Å². The number of rotatable bonds is 7. The highest BCUT2D eigenvalue weighted by Crippen LogP contribution is 2.60. The van der Waals surface area contributed by atoms with E-state index < -0.39 is 5.41 Å². The molecule has 3 heteroatoms. The van der Waals surface area contributed by atoms with E-state index in [2.05, 4.69) is 217 Å². The molecule has 0 fully saturated rings. The summed E-state index contributed by atoms with van der Waals surface area (Å²) in [5.74, 6) is 0.683. The van der Waals surface area contributed by atoms with Gasteiger partial charge in [-0.05, 0) is 95.9 Å². The summed E-state index contributed by atoms with van der Waals surface area (Å²) in [4.78, 5) is 15.1. The molecule has 63 heavy (non-hydrogen) atoms. The highest BCUT2D eigenvalue weighted by atomic mass is 14.9. The summed E-state index contributed by atoms with van der Waals surface area (Å²) < 4.78 is 0. The predicted molar refractivity (Wildman–Crippen MR) is 259 cm³/mol. The standard InChI is InChI=1S/C60H39N3/c1-4-18-41(19-5-1)55-38-56(43-21-14-20-42(37-43)44-22-16-36-61-39-44)63-59(62-55)52-35-34-50(48-28-12-13-29-49(48)52)51-30-15-31-54-57(51)53-33-32-40-17-10-11-27-47(40)58(53)60(54,45-23-6-2-7-24-45)46-25-8-3-9-26-46/h1-39H. The molecule has 0 unspecified atom stereocenters. The number of hydrogen-bond donors (Lipinski definition) is 0. The van der Waals surface area contributed by atoms with Crippen molar-refractivity contribution in [1.29, 1.82) is 0 Å². The van der Waals surface area contributed by atoms with Gasteiger partial charge in [0, 0.05) is 34.6 Å². The molecule has 9 aromatic carbocycles. The Hall–Kier alpha value is -8.27. The number of pyridine rings is 1. The third-order valence-electron chi connectivity index (χ3n) is 12.9. The molecule has 0 atom stereocenters. The van der Waals surface area contributed by atoms with Gasteiger partial charge in [-0.2, -0.15) is 0 Å². The lowest BCUT2D eigenvalue weighted by molar-refractivity contribution is 0.775. The van der Waals surface area contributed by atoms with Crippen molar-refractivity contribution >= 4 is 21.5 Å². The second-order valence-electron chi connectivity index (χ2n) is 16.3. The topological polar surface area (TPSA) is 38.7 Å². The van der Waals surface area contributed by atoms with Gasteiger partial charge < -0.3 is 0 Å². The summed E-state index contributed by atoms with van der Waals surface area (Å²) in [6.07, 6.45) is 3.71. The molecule has 0 saturated heterocycles. The third kappa shape index (κ3) is 5.93. The van der Waals surface area contributed by atoms with E-state index in [0.717, 1.165) is 50.0 Å². The summed E-state index contributed by atoms with van der Waals surface area (Å²) in [5, 5.41) is 4.75. The molecule has 12 rings (SSSR count). The zero-order valence-electron chi connectivity index (χ0n) is 34.4. The molecule has 2 aromatic heterocycles. The Morgan fingerprint density at radius 2 is 0.921 bits per heavy atom. The third-order valence-corrected chi connectivity index (χ3v) is 12.9. The Morgan fingerprint density at radius 3 is 1.65 bits per heavy atom. The Bertz CT molecular complexity index is 3450. The Morgan fingerprint density at radius 1 is 0.349 bits per heavy atom. The summed E-state index contributed by atoms with van der Waals surface area (Å²) in [6, 6.07) is 81.0. The molecule has 0 amide bonds. The number of hydrogen-bond acceptors (Lipinski definition) is 3. The van der Waals surface area contributed by atoms with Gasteiger partial charge in [0.1, 0.15) is 0 Å². The Balaban J connectivity index is 1.09. The largest absolute Gasteiger partial charge is 0.264 e. The second-order valence-corrected chi connectivity index (χ2v) is 16.3. The highest BCUT2D eigenvalue weighted by molar-refractivity contribution is 6.10. The average Bonchev–Trinajstić information content (AvgIpc) is 3.69. The van der Waals surface area contributed by atoms with Crippen LogP contribution < -0.4 is 0 Å². The molecule has 0 aliphatic heterocycles. The van der Waals surface area contributed by atoms with Crippen molar-refractivity contribution in [2.24, 2.45) is 0 Å². The molecule has 0 N–H and O–H groups in total. The van der Waals surface area contributed by atoms with E-state index in [1.807, 2.05) is 18.3 Å². The number of benzene rings is 9. The van der Waals surface area contributed by atoms with Gasteiger partial charge in [-0.3, -0.25) is 4.98 Å². The molecule has 0 saturated carbocycles. The van der Waals surface area contributed by atoms with Gasteiger partial charge in [0.2, 0.25) is 0 Å². The molecule has 294 valence electrons. The number of aromatic nitrogens is 3. The zero-order chi connectivity index (χ0) is 41.7. The van der Waals surface area contributed by atoms with Crippen LogP contribution in [0.5, 0.6) is 0 Å². The van der Waals surface area contributed by atoms with Crippen LogP contribution in [0.4, 0.5) is 0 Å². The van der Waals surface area contributed by atoms with Gasteiger partial charge in [-0.1, -0.05) is 200 Å². The van der Waals surface area contributed by atoms with Gasteiger partial charge in [0.05, 0.1) is 16.8 Å². The molecule has 0 spiro atoms. The molecule has 1 aliphatic rings. The molecule has 1 aliphatic carbocycles. The Kier molecular flexibility index (Phi) is 8.72. The molecular formula is C60H39N3. The summed E-state index contributed by atoms with van der Waals surface area (Å²) in [6.45, 7) is 0. The van der Waals surface area contributed by atoms with Crippen LogP contribution in [0.1, 0.15) is 22.3 Å². The van der Waals surface area contributed by atoms with Crippen LogP contribution in [0.2, 0.25) is 0 Å². The Labute approximate surface area is 366 Å². The second kappa shape index (κ2) is 15.0. The zero-order valence-corrected chi connectivity index (χ0v) is 34.4. The monoisotopic (exact) mass is 801 g/mol. The maximum atomic E-state index is 5.36. The first-order chi connectivity index (χ1) is 31.3. The SMILES string of the molecule is c1ccc(-c2cc(-c3cccc(-c4cccnc4)c3)nc(-c3ccc(-c4cccc5c4-c4ccc6ccccc6c4C5(c4ccccc4)c4ccccc4)c4ccccc34)n2)cc1. The van der Waals surface area contributed by atoms with Crippen molar-refractivity contribution < 1.29 is 0 Å². The van der Waals surface area contributed by atoms with E-state index in [1.54, 1.807) is 6.20 Å². The predicted octanol–water partition coefficient (Wildman–Crippen LogP) is 14.9. The fraction of sp³-hybridized carbons (Fsp3) is 0.0167. The maximum Gasteiger partial charge on any atom is 0.161 e. The minimum atomic E-state index is -0.545. The van der Waals surface area contributed by atoms with Crippen LogP contribution in [-0.4, -0.2) is 15.0 Å². The molecule has 3 nitrogen and oxygen atoms in total. The smallest absolute Gasteiger partial charge is 0.161 e. The normalized spacial score (nSPS) is 12.6. The number of nitrogens with zero attached hydrogens (tertiary/aromatic N) is 3. The van der Waals surface area contributed by atoms with Crippen LogP contribution in [0.25, 0.3) is 88.8 Å². The van der Waals surface area contributed by atoms with Gasteiger partial charge >= 0.3 is 0 Å². The molecule has 11 aromatic rings. The molecule has 2 heterocycles. The van der Waals surface area contributed by atoms with E-state index in [1.165, 1.54) is 55.3 Å². The van der Waals surface area contributed by atoms with Crippen LogP contribution in [-0.2, 0) is 5.41 Å². The molecular weight excluding hydrogens is 763 g/mol. The first-order valence-electron chi connectivity index (χ1n) is 21.5. The van der Waals surface area contributed by atoms with Crippen molar-refractivity contribution in [2.75, 3.05) is 0 Å². The van der Waals surface area contributed by atoms with Crippen molar-refractivity contribution in [1.82, 2.24) is 15.0 Å². The fourth-order valence-corrected chi connectivity index (χ4v) is 10.1. The van der Waals surface area contributed by atoms with Crippen LogP contribution >= 0.6 is 0 Å². The maximum absolute atomic E-state index is 5.36. The lowest BCUT2D eigenvalue weighted by atomic mass is 9.66. The average molecular weight is 802 g/mol. The van der Waals surface area contributed by atoms with Crippen molar-refractivity contribution in [3.63, 3.8) is 0 Å². The fourth-order valence-electron chi connectivity index (χ4n) is 10.1. The molecule has 0 radical (unpaired) electrons. The van der Waals surface area contributed by atoms with Crippen LogP contribution in [0.3, 0.4) is 0 Å². The van der Waals surface area contributed by atoms with Gasteiger partial charge in [-0.25, -0.2) is 9.97 Å². The molecule has 0 bridgehead atoms. The number of fused-ring (bicyclic) bond motifs is 6. The minimum Gasteiger partial charge on any atom is -0.264 e.